The summed E-state index contributed by atoms with van der Waals surface area (Å²) in [7, 11) is 0. The van der Waals surface area contributed by atoms with Gasteiger partial charge in [-0.25, -0.2) is 0 Å². The molecule has 0 fully saturated rings. The predicted molar refractivity (Wildman–Crippen MR) is 78.4 cm³/mol. The van der Waals surface area contributed by atoms with E-state index in [1.165, 1.54) is 0 Å². The van der Waals surface area contributed by atoms with Crippen LogP contribution < -0.4 is 10.1 Å². The van der Waals surface area contributed by atoms with Gasteiger partial charge in [-0.1, -0.05) is 11.6 Å². The lowest BCUT2D eigenvalue weighted by Gasteiger charge is -2.19. The van der Waals surface area contributed by atoms with Crippen LogP contribution in [0.3, 0.4) is 0 Å². The molecule has 0 aliphatic carbocycles. The molecule has 0 radical (unpaired) electrons. The van der Waals surface area contributed by atoms with Crippen LogP contribution in [-0.2, 0) is 17.8 Å². The number of carbonyl (C=O) groups is 1. The van der Waals surface area contributed by atoms with Gasteiger partial charge in [-0.05, 0) is 44.5 Å². The summed E-state index contributed by atoms with van der Waals surface area (Å²) in [4.78, 5) is 11.0. The number of benzene rings is 1. The second-order valence-corrected chi connectivity index (χ2v) is 6.20. The summed E-state index contributed by atoms with van der Waals surface area (Å²) in [5.74, 6) is 0.158. The van der Waals surface area contributed by atoms with Crippen molar-refractivity contribution in [2.75, 3.05) is 13.2 Å². The average Bonchev–Trinajstić information content (AvgIpc) is 2.82. The van der Waals surface area contributed by atoms with Gasteiger partial charge in [0.2, 0.25) is 0 Å². The number of carboxylic acid groups (broad SMARTS) is 1. The normalized spacial score (nSPS) is 13.9. The first-order valence-electron chi connectivity index (χ1n) is 6.78. The monoisotopic (exact) mass is 297 g/mol. The zero-order valence-electron chi connectivity index (χ0n) is 11.8. The third kappa shape index (κ3) is 3.44. The summed E-state index contributed by atoms with van der Waals surface area (Å²) in [5.41, 5.74) is 1.48. The molecule has 1 aromatic rings. The third-order valence-corrected chi connectivity index (χ3v) is 3.86. The van der Waals surface area contributed by atoms with Gasteiger partial charge in [0.25, 0.3) is 0 Å². The quantitative estimate of drug-likeness (QED) is 0.793. The van der Waals surface area contributed by atoms with E-state index in [0.29, 0.717) is 26.1 Å². The largest absolute Gasteiger partial charge is 0.493 e. The molecule has 1 aliphatic heterocycles. The lowest BCUT2D eigenvalue weighted by molar-refractivity contribution is -0.147. The maximum absolute atomic E-state index is 11.0. The molecular formula is C15H20ClNO3. The zero-order chi connectivity index (χ0) is 14.8. The van der Waals surface area contributed by atoms with E-state index < -0.39 is 11.4 Å². The Morgan fingerprint density at radius 3 is 2.95 bits per heavy atom. The van der Waals surface area contributed by atoms with Crippen LogP contribution in [0.25, 0.3) is 0 Å². The maximum atomic E-state index is 11.0. The minimum atomic E-state index is -0.772. The third-order valence-electron chi connectivity index (χ3n) is 3.65. The highest BCUT2D eigenvalue weighted by atomic mass is 35.5. The molecular weight excluding hydrogens is 278 g/mol. The Morgan fingerprint density at radius 1 is 1.50 bits per heavy atom. The molecule has 0 bridgehead atoms. The van der Waals surface area contributed by atoms with Crippen molar-refractivity contribution in [2.45, 2.75) is 33.2 Å². The van der Waals surface area contributed by atoms with Crippen LogP contribution in [0.2, 0.25) is 5.02 Å². The SMILES string of the molecule is CC(C)(CCNCc1cc(Cl)cc2c1OCC2)C(=O)O. The molecule has 0 aromatic heterocycles. The molecule has 4 nitrogen and oxygen atoms in total. The van der Waals surface area contributed by atoms with Gasteiger partial charge in [-0.3, -0.25) is 4.79 Å². The van der Waals surface area contributed by atoms with Crippen molar-refractivity contribution in [3.8, 4) is 5.75 Å². The number of carboxylic acids is 1. The van der Waals surface area contributed by atoms with Crippen molar-refractivity contribution < 1.29 is 14.6 Å². The van der Waals surface area contributed by atoms with E-state index in [-0.39, 0.29) is 0 Å². The van der Waals surface area contributed by atoms with Crippen molar-refractivity contribution in [3.63, 3.8) is 0 Å². The molecule has 0 spiro atoms. The predicted octanol–water partition coefficient (Wildman–Crippen LogP) is 2.87. The van der Waals surface area contributed by atoms with E-state index in [9.17, 15) is 4.79 Å². The van der Waals surface area contributed by atoms with Gasteiger partial charge in [0.05, 0.1) is 12.0 Å². The zero-order valence-corrected chi connectivity index (χ0v) is 12.6. The highest BCUT2D eigenvalue weighted by Gasteiger charge is 2.26. The van der Waals surface area contributed by atoms with Gasteiger partial charge in [0, 0.05) is 23.6 Å². The molecule has 20 heavy (non-hydrogen) atoms. The van der Waals surface area contributed by atoms with Gasteiger partial charge in [0.1, 0.15) is 5.75 Å². The van der Waals surface area contributed by atoms with Gasteiger partial charge in [0.15, 0.2) is 0 Å². The lowest BCUT2D eigenvalue weighted by atomic mass is 9.90. The number of hydrogen-bond acceptors (Lipinski definition) is 3. The Morgan fingerprint density at radius 2 is 2.25 bits per heavy atom. The molecule has 0 atom stereocenters. The Hall–Kier alpha value is -1.26. The topological polar surface area (TPSA) is 58.6 Å². The van der Waals surface area contributed by atoms with Crippen molar-refractivity contribution in [2.24, 2.45) is 5.41 Å². The Balaban J connectivity index is 1.91. The molecule has 5 heteroatoms. The highest BCUT2D eigenvalue weighted by Crippen LogP contribution is 2.32. The van der Waals surface area contributed by atoms with E-state index in [1.54, 1.807) is 13.8 Å². The van der Waals surface area contributed by atoms with Crippen LogP contribution >= 0.6 is 11.6 Å². The second-order valence-electron chi connectivity index (χ2n) is 5.77. The molecule has 0 unspecified atom stereocenters. The average molecular weight is 298 g/mol. The van der Waals surface area contributed by atoms with E-state index >= 15 is 0 Å². The van der Waals surface area contributed by atoms with E-state index in [2.05, 4.69) is 5.32 Å². The molecule has 0 amide bonds. The first-order valence-corrected chi connectivity index (χ1v) is 7.16. The van der Waals surface area contributed by atoms with Crippen LogP contribution in [0.4, 0.5) is 0 Å². The standard InChI is InChI=1S/C15H20ClNO3/c1-15(2,14(18)19)4-5-17-9-11-8-12(16)7-10-3-6-20-13(10)11/h7-8,17H,3-6,9H2,1-2H3,(H,18,19). The molecule has 110 valence electrons. The van der Waals surface area contributed by atoms with Crippen LogP contribution in [-0.4, -0.2) is 24.2 Å². The summed E-state index contributed by atoms with van der Waals surface area (Å²) in [6.07, 6.45) is 1.47. The van der Waals surface area contributed by atoms with Gasteiger partial charge >= 0.3 is 5.97 Å². The number of fused-ring (bicyclic) bond motifs is 1. The molecule has 2 N–H and O–H groups in total. The summed E-state index contributed by atoms with van der Waals surface area (Å²) >= 11 is 6.09. The van der Waals surface area contributed by atoms with Crippen LogP contribution in [0, 0.1) is 5.41 Å². The fourth-order valence-electron chi connectivity index (χ4n) is 2.21. The minimum Gasteiger partial charge on any atom is -0.493 e. The van der Waals surface area contributed by atoms with Crippen LogP contribution in [0.5, 0.6) is 5.75 Å². The van der Waals surface area contributed by atoms with E-state index in [1.807, 2.05) is 12.1 Å². The molecule has 1 aliphatic rings. The number of ether oxygens (including phenoxy) is 1. The van der Waals surface area contributed by atoms with Crippen molar-refractivity contribution in [1.29, 1.82) is 0 Å². The van der Waals surface area contributed by atoms with Crippen LogP contribution in [0.1, 0.15) is 31.4 Å². The summed E-state index contributed by atoms with van der Waals surface area (Å²) in [5, 5.41) is 13.0. The minimum absolute atomic E-state index is 0.575. The second kappa shape index (κ2) is 6.02. The number of aliphatic carboxylic acids is 1. The molecule has 1 aromatic carbocycles. The Bertz CT molecular complexity index is 514. The van der Waals surface area contributed by atoms with Gasteiger partial charge in [-0.15, -0.1) is 0 Å². The summed E-state index contributed by atoms with van der Waals surface area (Å²) in [6, 6.07) is 3.85. The summed E-state index contributed by atoms with van der Waals surface area (Å²) in [6.45, 7) is 5.45. The van der Waals surface area contributed by atoms with E-state index in [4.69, 9.17) is 21.4 Å². The van der Waals surface area contributed by atoms with Gasteiger partial charge in [-0.2, -0.15) is 0 Å². The highest BCUT2D eigenvalue weighted by molar-refractivity contribution is 6.30. The fraction of sp³-hybridized carbons (Fsp3) is 0.533. The molecule has 1 heterocycles. The van der Waals surface area contributed by atoms with Crippen LogP contribution in [0.15, 0.2) is 12.1 Å². The van der Waals surface area contributed by atoms with Gasteiger partial charge < -0.3 is 15.2 Å². The first-order chi connectivity index (χ1) is 9.40. The lowest BCUT2D eigenvalue weighted by Crippen LogP contribution is -2.28. The number of hydrogen-bond donors (Lipinski definition) is 2. The van der Waals surface area contributed by atoms with Crippen molar-refractivity contribution in [1.82, 2.24) is 5.32 Å². The number of nitrogens with one attached hydrogen (secondary N) is 1. The first kappa shape index (κ1) is 15.1. The van der Waals surface area contributed by atoms with E-state index in [0.717, 1.165) is 28.3 Å². The summed E-state index contributed by atoms with van der Waals surface area (Å²) < 4.78 is 5.63. The van der Waals surface area contributed by atoms with Crippen molar-refractivity contribution in [3.05, 3.63) is 28.3 Å². The maximum Gasteiger partial charge on any atom is 0.309 e. The molecule has 2 rings (SSSR count). The molecule has 0 saturated carbocycles. The molecule has 0 saturated heterocycles. The number of halogens is 1. The fourth-order valence-corrected chi connectivity index (χ4v) is 2.47. The Kier molecular flexibility index (Phi) is 4.55. The number of rotatable bonds is 6. The Labute approximate surface area is 124 Å². The smallest absolute Gasteiger partial charge is 0.309 e. The van der Waals surface area contributed by atoms with Crippen molar-refractivity contribution >= 4 is 17.6 Å².